The summed E-state index contributed by atoms with van der Waals surface area (Å²) in [5, 5.41) is 20.2. The number of hydrogen-bond acceptors (Lipinski definition) is 4. The third-order valence-corrected chi connectivity index (χ3v) is 4.29. The van der Waals surface area contributed by atoms with Gasteiger partial charge >= 0.3 is 0 Å². The third-order valence-electron chi connectivity index (χ3n) is 4.29. The zero-order chi connectivity index (χ0) is 19.3. The van der Waals surface area contributed by atoms with Crippen LogP contribution >= 0.6 is 0 Å². The number of aromatic hydroxyl groups is 2. The molecule has 1 amide bonds. The number of carbonyl (C=O) groups excluding carboxylic acids is 1. The standard InChI is InChI=1S/C21H27NO4/c1-5-9-22(13-15-7-6-8-16(10-15)26-4)21(25)18-11-17(14(2)3)19(23)12-20(18)24/h6-8,10-12,14,23-24H,5,9,13H2,1-4H3. The molecule has 0 bridgehead atoms. The molecule has 2 aromatic carbocycles. The summed E-state index contributed by atoms with van der Waals surface area (Å²) in [5.74, 6) is 0.322. The molecule has 0 aromatic heterocycles. The Bertz CT molecular complexity index is 771. The average Bonchev–Trinajstić information content (AvgIpc) is 2.60. The highest BCUT2D eigenvalue weighted by Crippen LogP contribution is 2.33. The van der Waals surface area contributed by atoms with Gasteiger partial charge in [-0.2, -0.15) is 0 Å². The summed E-state index contributed by atoms with van der Waals surface area (Å²) in [4.78, 5) is 14.8. The number of carbonyl (C=O) groups is 1. The molecule has 0 heterocycles. The predicted molar refractivity (Wildman–Crippen MR) is 102 cm³/mol. The van der Waals surface area contributed by atoms with Gasteiger partial charge in [-0.1, -0.05) is 32.9 Å². The summed E-state index contributed by atoms with van der Waals surface area (Å²) in [6.45, 7) is 6.84. The molecule has 5 nitrogen and oxygen atoms in total. The van der Waals surface area contributed by atoms with E-state index in [0.717, 1.165) is 17.7 Å². The van der Waals surface area contributed by atoms with E-state index in [-0.39, 0.29) is 28.9 Å². The Morgan fingerprint density at radius 3 is 2.50 bits per heavy atom. The van der Waals surface area contributed by atoms with Crippen molar-refractivity contribution in [3.8, 4) is 17.2 Å². The minimum absolute atomic E-state index is 0.00360. The first-order valence-corrected chi connectivity index (χ1v) is 8.85. The molecule has 0 unspecified atom stereocenters. The Labute approximate surface area is 154 Å². The number of benzene rings is 2. The van der Waals surface area contributed by atoms with Gasteiger partial charge in [-0.15, -0.1) is 0 Å². The Morgan fingerprint density at radius 2 is 1.88 bits per heavy atom. The SMILES string of the molecule is CCCN(Cc1cccc(OC)c1)C(=O)c1cc(C(C)C)c(O)cc1O. The first-order chi connectivity index (χ1) is 12.4. The van der Waals surface area contributed by atoms with Gasteiger partial charge in [0.15, 0.2) is 0 Å². The molecule has 0 aliphatic rings. The second kappa shape index (κ2) is 8.61. The maximum atomic E-state index is 13.1. The maximum Gasteiger partial charge on any atom is 0.257 e. The van der Waals surface area contributed by atoms with Crippen LogP contribution in [-0.2, 0) is 6.54 Å². The van der Waals surface area contributed by atoms with Crippen LogP contribution < -0.4 is 4.74 Å². The normalized spacial score (nSPS) is 10.8. The molecule has 2 rings (SSSR count). The molecular weight excluding hydrogens is 330 g/mol. The van der Waals surface area contributed by atoms with Crippen LogP contribution in [0.3, 0.4) is 0 Å². The van der Waals surface area contributed by atoms with Crippen LogP contribution in [0.5, 0.6) is 17.2 Å². The number of phenols is 2. The molecule has 0 radical (unpaired) electrons. The molecule has 140 valence electrons. The van der Waals surface area contributed by atoms with Crippen molar-refractivity contribution in [2.24, 2.45) is 0 Å². The van der Waals surface area contributed by atoms with Crippen LogP contribution in [0.1, 0.15) is 54.6 Å². The van der Waals surface area contributed by atoms with E-state index in [1.54, 1.807) is 18.1 Å². The van der Waals surface area contributed by atoms with Crippen molar-refractivity contribution < 1.29 is 19.7 Å². The highest BCUT2D eigenvalue weighted by molar-refractivity contribution is 5.97. The van der Waals surface area contributed by atoms with Gasteiger partial charge in [-0.05, 0) is 41.7 Å². The number of phenolic OH excluding ortho intramolecular Hbond substituents is 2. The lowest BCUT2D eigenvalue weighted by Gasteiger charge is -2.24. The largest absolute Gasteiger partial charge is 0.508 e. The van der Waals surface area contributed by atoms with Crippen LogP contribution in [-0.4, -0.2) is 34.7 Å². The van der Waals surface area contributed by atoms with Crippen molar-refractivity contribution in [2.75, 3.05) is 13.7 Å². The van der Waals surface area contributed by atoms with Crippen LogP contribution in [0.2, 0.25) is 0 Å². The first kappa shape index (κ1) is 19.6. The van der Waals surface area contributed by atoms with Crippen molar-refractivity contribution >= 4 is 5.91 Å². The Morgan fingerprint density at radius 1 is 1.15 bits per heavy atom. The fourth-order valence-corrected chi connectivity index (χ4v) is 2.91. The fraction of sp³-hybridized carbons (Fsp3) is 0.381. The summed E-state index contributed by atoms with van der Waals surface area (Å²) in [6, 6.07) is 10.4. The van der Waals surface area contributed by atoms with E-state index in [1.807, 2.05) is 45.0 Å². The topological polar surface area (TPSA) is 70.0 Å². The third kappa shape index (κ3) is 4.48. The van der Waals surface area contributed by atoms with Gasteiger partial charge in [-0.25, -0.2) is 0 Å². The monoisotopic (exact) mass is 357 g/mol. The molecule has 0 saturated carbocycles. The molecule has 5 heteroatoms. The van der Waals surface area contributed by atoms with E-state index in [0.29, 0.717) is 18.7 Å². The maximum absolute atomic E-state index is 13.1. The zero-order valence-corrected chi connectivity index (χ0v) is 15.8. The smallest absolute Gasteiger partial charge is 0.257 e. The van der Waals surface area contributed by atoms with E-state index in [9.17, 15) is 15.0 Å². The number of hydrogen-bond donors (Lipinski definition) is 2. The molecule has 2 N–H and O–H groups in total. The molecule has 0 atom stereocenters. The van der Waals surface area contributed by atoms with Gasteiger partial charge in [0.2, 0.25) is 0 Å². The zero-order valence-electron chi connectivity index (χ0n) is 15.8. The Kier molecular flexibility index (Phi) is 6.50. The van der Waals surface area contributed by atoms with Crippen molar-refractivity contribution in [3.63, 3.8) is 0 Å². The molecule has 26 heavy (non-hydrogen) atoms. The van der Waals surface area contributed by atoms with Crippen LogP contribution in [0.15, 0.2) is 36.4 Å². The average molecular weight is 357 g/mol. The second-order valence-electron chi connectivity index (χ2n) is 6.66. The van der Waals surface area contributed by atoms with E-state index in [1.165, 1.54) is 6.07 Å². The summed E-state index contributed by atoms with van der Waals surface area (Å²) in [7, 11) is 1.61. The Balaban J connectivity index is 2.34. The number of nitrogens with zero attached hydrogens (tertiary/aromatic N) is 1. The second-order valence-corrected chi connectivity index (χ2v) is 6.66. The van der Waals surface area contributed by atoms with Crippen LogP contribution in [0.25, 0.3) is 0 Å². The molecule has 0 aliphatic carbocycles. The molecular formula is C21H27NO4. The predicted octanol–water partition coefficient (Wildman–Crippen LogP) is 4.28. The van der Waals surface area contributed by atoms with E-state index >= 15 is 0 Å². The summed E-state index contributed by atoms with van der Waals surface area (Å²) < 4.78 is 5.24. The molecule has 0 fully saturated rings. The first-order valence-electron chi connectivity index (χ1n) is 8.85. The van der Waals surface area contributed by atoms with E-state index in [4.69, 9.17) is 4.74 Å². The van der Waals surface area contributed by atoms with Crippen molar-refractivity contribution in [1.82, 2.24) is 4.90 Å². The minimum Gasteiger partial charge on any atom is -0.508 e. The highest BCUT2D eigenvalue weighted by atomic mass is 16.5. The van der Waals surface area contributed by atoms with Crippen LogP contribution in [0.4, 0.5) is 0 Å². The lowest BCUT2D eigenvalue weighted by molar-refractivity contribution is 0.0740. The summed E-state index contributed by atoms with van der Waals surface area (Å²) in [5.41, 5.74) is 1.81. The summed E-state index contributed by atoms with van der Waals surface area (Å²) >= 11 is 0. The van der Waals surface area contributed by atoms with Gasteiger partial charge in [0.1, 0.15) is 17.2 Å². The van der Waals surface area contributed by atoms with Crippen molar-refractivity contribution in [3.05, 3.63) is 53.1 Å². The van der Waals surface area contributed by atoms with E-state index < -0.39 is 0 Å². The quantitative estimate of drug-likeness (QED) is 0.776. The lowest BCUT2D eigenvalue weighted by atomic mass is 9.98. The van der Waals surface area contributed by atoms with E-state index in [2.05, 4.69) is 0 Å². The lowest BCUT2D eigenvalue weighted by Crippen LogP contribution is -2.31. The van der Waals surface area contributed by atoms with Crippen LogP contribution in [0, 0.1) is 0 Å². The van der Waals surface area contributed by atoms with Gasteiger partial charge < -0.3 is 19.8 Å². The van der Waals surface area contributed by atoms with Crippen molar-refractivity contribution in [1.29, 1.82) is 0 Å². The number of methoxy groups -OCH3 is 1. The summed E-state index contributed by atoms with van der Waals surface area (Å²) in [6.07, 6.45) is 0.797. The number of ether oxygens (including phenoxy) is 1. The van der Waals surface area contributed by atoms with Crippen molar-refractivity contribution in [2.45, 2.75) is 39.7 Å². The van der Waals surface area contributed by atoms with Gasteiger partial charge in [0.25, 0.3) is 5.91 Å². The molecule has 0 spiro atoms. The molecule has 0 aliphatic heterocycles. The fourth-order valence-electron chi connectivity index (χ4n) is 2.91. The van der Waals surface area contributed by atoms with Gasteiger partial charge in [0.05, 0.1) is 12.7 Å². The van der Waals surface area contributed by atoms with Gasteiger partial charge in [-0.3, -0.25) is 4.79 Å². The van der Waals surface area contributed by atoms with Gasteiger partial charge in [0, 0.05) is 19.2 Å². The number of amides is 1. The Hall–Kier alpha value is -2.69. The highest BCUT2D eigenvalue weighted by Gasteiger charge is 2.22. The minimum atomic E-state index is -0.255. The molecule has 0 saturated heterocycles. The molecule has 2 aromatic rings. The number of rotatable bonds is 7.